The van der Waals surface area contributed by atoms with Crippen molar-refractivity contribution in [3.8, 4) is 0 Å². The molecule has 4 nitrogen and oxygen atoms in total. The van der Waals surface area contributed by atoms with E-state index in [-0.39, 0.29) is 22.4 Å². The Bertz CT molecular complexity index is 881. The molecule has 7 aliphatic rings. The van der Waals surface area contributed by atoms with Crippen LogP contribution >= 0.6 is 0 Å². The highest BCUT2D eigenvalue weighted by molar-refractivity contribution is 5.02. The quantitative estimate of drug-likeness (QED) is 0.273. The Labute approximate surface area is 270 Å². The van der Waals surface area contributed by atoms with Crippen LogP contribution in [0.4, 0.5) is 0 Å². The van der Waals surface area contributed by atoms with E-state index < -0.39 is 0 Å². The third-order valence-corrected chi connectivity index (χ3v) is 15.6. The van der Waals surface area contributed by atoms with Crippen molar-refractivity contribution < 1.29 is 18.9 Å². The summed E-state index contributed by atoms with van der Waals surface area (Å²) in [6.45, 7) is 18.2. The summed E-state index contributed by atoms with van der Waals surface area (Å²) in [7, 11) is 0. The molecule has 4 heteroatoms. The topological polar surface area (TPSA) is 36.9 Å². The van der Waals surface area contributed by atoms with Crippen LogP contribution in [0.25, 0.3) is 0 Å². The maximum Gasteiger partial charge on any atom is 0.168 e. The molecule has 0 aromatic heterocycles. The van der Waals surface area contributed by atoms with Crippen LogP contribution in [0.5, 0.6) is 0 Å². The molecule has 6 spiro atoms. The van der Waals surface area contributed by atoms with E-state index in [1.54, 1.807) is 0 Å². The van der Waals surface area contributed by atoms with E-state index in [9.17, 15) is 0 Å². The molecular weight excluding hydrogens is 544 g/mol. The summed E-state index contributed by atoms with van der Waals surface area (Å²) in [5.41, 5.74) is 2.51. The van der Waals surface area contributed by atoms with Crippen molar-refractivity contribution in [1.82, 2.24) is 0 Å². The predicted octanol–water partition coefficient (Wildman–Crippen LogP) is 10.6. The second-order valence-electron chi connectivity index (χ2n) is 20.3. The van der Waals surface area contributed by atoms with Gasteiger partial charge in [0.1, 0.15) is 0 Å². The van der Waals surface area contributed by atoms with Crippen molar-refractivity contribution in [3.05, 3.63) is 0 Å². The zero-order valence-electron chi connectivity index (χ0n) is 29.8. The lowest BCUT2D eigenvalue weighted by Crippen LogP contribution is -2.55. The smallest absolute Gasteiger partial charge is 0.168 e. The van der Waals surface area contributed by atoms with Crippen molar-refractivity contribution in [3.63, 3.8) is 0 Å². The van der Waals surface area contributed by atoms with Gasteiger partial charge in [0.2, 0.25) is 0 Å². The molecule has 0 amide bonds. The van der Waals surface area contributed by atoms with Crippen LogP contribution in [0, 0.1) is 44.3 Å². The Kier molecular flexibility index (Phi) is 8.24. The van der Waals surface area contributed by atoms with Gasteiger partial charge in [0.15, 0.2) is 11.6 Å². The van der Waals surface area contributed by atoms with Crippen LogP contribution in [0.2, 0.25) is 0 Å². The minimum absolute atomic E-state index is 0.275. The maximum absolute atomic E-state index is 6.74. The first kappa shape index (κ1) is 32.4. The molecule has 7 fully saturated rings. The van der Waals surface area contributed by atoms with Gasteiger partial charge in [-0.2, -0.15) is 0 Å². The van der Waals surface area contributed by atoms with Crippen LogP contribution in [0.1, 0.15) is 170 Å². The molecule has 7 rings (SSSR count). The number of rotatable bonds is 0. The molecule has 0 unspecified atom stereocenters. The fourth-order valence-corrected chi connectivity index (χ4v) is 11.3. The van der Waals surface area contributed by atoms with Gasteiger partial charge in [0.25, 0.3) is 0 Å². The molecule has 2 heterocycles. The highest BCUT2D eigenvalue weighted by atomic mass is 16.7. The van der Waals surface area contributed by atoms with Crippen LogP contribution < -0.4 is 0 Å². The molecule has 0 atom stereocenters. The second-order valence-corrected chi connectivity index (χ2v) is 20.3. The summed E-state index contributed by atoms with van der Waals surface area (Å²) in [6, 6.07) is 0. The highest BCUT2D eigenvalue weighted by Gasteiger charge is 2.55. The van der Waals surface area contributed by atoms with Gasteiger partial charge < -0.3 is 18.9 Å². The van der Waals surface area contributed by atoms with Gasteiger partial charge >= 0.3 is 0 Å². The molecule has 0 N–H and O–H groups in total. The van der Waals surface area contributed by atoms with Gasteiger partial charge in [-0.3, -0.25) is 0 Å². The number of ether oxygens (including phenoxy) is 4. The minimum Gasteiger partial charge on any atom is -0.349 e. The lowest BCUT2D eigenvalue weighted by molar-refractivity contribution is -0.330. The van der Waals surface area contributed by atoms with E-state index >= 15 is 0 Å². The molecule has 44 heavy (non-hydrogen) atoms. The summed E-state index contributed by atoms with van der Waals surface area (Å²) < 4.78 is 27.0. The normalized spacial score (nSPS) is 49.0. The molecule has 5 aliphatic carbocycles. The summed E-state index contributed by atoms with van der Waals surface area (Å²) in [5, 5.41) is 0. The molecular formula is C40H68O4. The van der Waals surface area contributed by atoms with Gasteiger partial charge in [0, 0.05) is 36.5 Å². The zero-order chi connectivity index (χ0) is 31.0. The second kappa shape index (κ2) is 11.2. The third kappa shape index (κ3) is 6.23. The van der Waals surface area contributed by atoms with Crippen molar-refractivity contribution in [2.75, 3.05) is 26.4 Å². The average Bonchev–Trinajstić information content (AvgIpc) is 3.01. The van der Waals surface area contributed by atoms with Gasteiger partial charge in [-0.05, 0) is 136 Å². The van der Waals surface area contributed by atoms with Gasteiger partial charge in [-0.15, -0.1) is 0 Å². The van der Waals surface area contributed by atoms with Crippen LogP contribution in [-0.2, 0) is 18.9 Å². The van der Waals surface area contributed by atoms with Crippen molar-refractivity contribution >= 4 is 0 Å². The highest BCUT2D eigenvalue weighted by Crippen LogP contribution is 2.61. The van der Waals surface area contributed by atoms with Gasteiger partial charge in [0.05, 0.1) is 26.4 Å². The van der Waals surface area contributed by atoms with E-state index in [1.807, 2.05) is 0 Å². The van der Waals surface area contributed by atoms with Crippen molar-refractivity contribution in [2.24, 2.45) is 44.3 Å². The monoisotopic (exact) mass is 613 g/mol. The Balaban J connectivity index is 0.850. The first-order valence-electron chi connectivity index (χ1n) is 19.3. The predicted molar refractivity (Wildman–Crippen MR) is 177 cm³/mol. The Morgan fingerprint density at radius 3 is 0.841 bits per heavy atom. The molecule has 5 saturated carbocycles. The number of hydrogen-bond acceptors (Lipinski definition) is 4. The summed E-state index contributed by atoms with van der Waals surface area (Å²) in [4.78, 5) is 0. The lowest BCUT2D eigenvalue weighted by atomic mass is 9.54. The van der Waals surface area contributed by atoms with E-state index in [0.29, 0.717) is 21.7 Å². The summed E-state index contributed by atoms with van der Waals surface area (Å²) in [5.74, 6) is 1.15. The molecule has 0 aromatic rings. The summed E-state index contributed by atoms with van der Waals surface area (Å²) >= 11 is 0. The maximum atomic E-state index is 6.74. The van der Waals surface area contributed by atoms with Crippen molar-refractivity contribution in [1.29, 1.82) is 0 Å². The first-order valence-corrected chi connectivity index (χ1v) is 19.3. The van der Waals surface area contributed by atoms with Crippen LogP contribution in [0.15, 0.2) is 0 Å². The van der Waals surface area contributed by atoms with Crippen LogP contribution in [-0.4, -0.2) is 38.0 Å². The molecule has 2 aliphatic heterocycles. The Hall–Kier alpha value is -0.160. The van der Waals surface area contributed by atoms with E-state index in [0.717, 1.165) is 63.9 Å². The van der Waals surface area contributed by atoms with E-state index in [1.165, 1.54) is 103 Å². The lowest BCUT2D eigenvalue weighted by Gasteiger charge is -2.57. The molecule has 252 valence electrons. The summed E-state index contributed by atoms with van der Waals surface area (Å²) in [6.07, 6.45) is 25.8. The fraction of sp³-hybridized carbons (Fsp3) is 1.00. The van der Waals surface area contributed by atoms with E-state index in [4.69, 9.17) is 18.9 Å². The third-order valence-electron chi connectivity index (χ3n) is 15.6. The van der Waals surface area contributed by atoms with Crippen molar-refractivity contribution in [2.45, 2.75) is 182 Å². The SMILES string of the molecule is CC(C)(C)C1CCC2(CC1)COC1(CCC3(CCC4(CC3)CCC3(CC4)OCC4(CCC(C(C)(C)C)CC4)CO3)CC1)OC2. The Morgan fingerprint density at radius 1 is 0.341 bits per heavy atom. The first-order chi connectivity index (χ1) is 20.7. The number of hydrogen-bond donors (Lipinski definition) is 0. The van der Waals surface area contributed by atoms with Crippen LogP contribution in [0.3, 0.4) is 0 Å². The Morgan fingerprint density at radius 2 is 0.591 bits per heavy atom. The molecule has 0 bridgehead atoms. The van der Waals surface area contributed by atoms with E-state index in [2.05, 4.69) is 41.5 Å². The standard InChI is InChI=1S/C40H68O4/c1-33(2,3)31-7-11-37(12-8-31)27-41-39(42-28-37)23-19-35(20-24-39)15-17-36(18-16-35)21-25-40(26-22-36)43-29-38(30-44-40)13-9-32(10-14-38)34(4,5)6/h31-32H,7-30H2,1-6H3. The molecule has 0 radical (unpaired) electrons. The molecule has 2 saturated heterocycles. The zero-order valence-corrected chi connectivity index (χ0v) is 29.8. The molecule has 0 aromatic carbocycles. The fourth-order valence-electron chi connectivity index (χ4n) is 11.3. The minimum atomic E-state index is -0.275. The van der Waals surface area contributed by atoms with Gasteiger partial charge in [-0.1, -0.05) is 41.5 Å². The largest absolute Gasteiger partial charge is 0.349 e. The van der Waals surface area contributed by atoms with Gasteiger partial charge in [-0.25, -0.2) is 0 Å². The average molecular weight is 613 g/mol.